The van der Waals surface area contributed by atoms with Crippen LogP contribution in [0.15, 0.2) is 61.2 Å². The highest BCUT2D eigenvalue weighted by Gasteiger charge is 2.49. The quantitative estimate of drug-likeness (QED) is 0.877. The summed E-state index contributed by atoms with van der Waals surface area (Å²) >= 11 is 0. The van der Waals surface area contributed by atoms with Crippen LogP contribution in [0.3, 0.4) is 0 Å². The van der Waals surface area contributed by atoms with Crippen LogP contribution < -0.4 is 0 Å². The summed E-state index contributed by atoms with van der Waals surface area (Å²) in [5.41, 5.74) is 0.155. The number of aliphatic hydroxyl groups is 1. The number of hydrogen-bond acceptors (Lipinski definition) is 2. The van der Waals surface area contributed by atoms with Gasteiger partial charge in [0.15, 0.2) is 5.78 Å². The Labute approximate surface area is 122 Å². The van der Waals surface area contributed by atoms with E-state index in [4.69, 9.17) is 0 Å². The number of halogens is 1. The van der Waals surface area contributed by atoms with Crippen LogP contribution in [0.5, 0.6) is 0 Å². The summed E-state index contributed by atoms with van der Waals surface area (Å²) < 4.78 is 13.3. The molecule has 1 aliphatic carbocycles. The molecule has 0 aromatic heterocycles. The third-order valence-corrected chi connectivity index (χ3v) is 4.07. The van der Waals surface area contributed by atoms with Gasteiger partial charge in [0.1, 0.15) is 11.4 Å². The standard InChI is InChI=1S/C18H15FO2/c1-2-16(12-6-4-3-5-7-12)18(21)11-13-10-14(19)8-9-15(13)17(18)20/h2-10,16,21H,1,11H2/t16-,18-/m1/s1. The second-order valence-corrected chi connectivity index (χ2v) is 5.36. The van der Waals surface area contributed by atoms with Crippen molar-refractivity contribution in [2.45, 2.75) is 17.9 Å². The highest BCUT2D eigenvalue weighted by atomic mass is 19.1. The van der Waals surface area contributed by atoms with Crippen LogP contribution in [-0.2, 0) is 6.42 Å². The van der Waals surface area contributed by atoms with Gasteiger partial charge < -0.3 is 5.11 Å². The summed E-state index contributed by atoms with van der Waals surface area (Å²) in [6.07, 6.45) is 1.68. The van der Waals surface area contributed by atoms with Crippen molar-refractivity contribution in [1.29, 1.82) is 0 Å². The van der Waals surface area contributed by atoms with Gasteiger partial charge >= 0.3 is 0 Å². The first-order valence-corrected chi connectivity index (χ1v) is 6.79. The lowest BCUT2D eigenvalue weighted by Crippen LogP contribution is -2.41. The van der Waals surface area contributed by atoms with E-state index >= 15 is 0 Å². The summed E-state index contributed by atoms with van der Waals surface area (Å²) in [6.45, 7) is 3.76. The van der Waals surface area contributed by atoms with Gasteiger partial charge in [-0.1, -0.05) is 36.4 Å². The second kappa shape index (κ2) is 4.93. The minimum atomic E-state index is -1.60. The lowest BCUT2D eigenvalue weighted by molar-refractivity contribution is 0.0299. The zero-order chi connectivity index (χ0) is 15.0. The number of fused-ring (bicyclic) bond motifs is 1. The molecule has 0 spiro atoms. The number of Topliss-reactive ketones (excluding diaryl/α,β-unsaturated/α-hetero) is 1. The maximum absolute atomic E-state index is 13.3. The van der Waals surface area contributed by atoms with E-state index in [0.29, 0.717) is 11.1 Å². The molecule has 0 aliphatic heterocycles. The van der Waals surface area contributed by atoms with Crippen LogP contribution in [0.2, 0.25) is 0 Å². The molecule has 0 radical (unpaired) electrons. The Morgan fingerprint density at radius 3 is 2.62 bits per heavy atom. The Morgan fingerprint density at radius 2 is 1.95 bits per heavy atom. The molecule has 0 saturated carbocycles. The fourth-order valence-corrected chi connectivity index (χ4v) is 3.05. The van der Waals surface area contributed by atoms with Crippen molar-refractivity contribution >= 4 is 5.78 Å². The van der Waals surface area contributed by atoms with Gasteiger partial charge in [-0.3, -0.25) is 4.79 Å². The molecule has 2 nitrogen and oxygen atoms in total. The van der Waals surface area contributed by atoms with Gasteiger partial charge in [0.2, 0.25) is 0 Å². The first-order valence-electron chi connectivity index (χ1n) is 6.79. The molecule has 1 N–H and O–H groups in total. The largest absolute Gasteiger partial charge is 0.380 e. The molecule has 2 aromatic carbocycles. The van der Waals surface area contributed by atoms with Gasteiger partial charge in [-0.05, 0) is 29.3 Å². The normalized spacial score (nSPS) is 21.9. The van der Waals surface area contributed by atoms with E-state index in [1.165, 1.54) is 18.2 Å². The van der Waals surface area contributed by atoms with Crippen LogP contribution in [-0.4, -0.2) is 16.5 Å². The molecular weight excluding hydrogens is 267 g/mol. The molecule has 3 heteroatoms. The smallest absolute Gasteiger partial charge is 0.195 e. The molecule has 0 amide bonds. The number of carbonyl (C=O) groups is 1. The molecule has 0 unspecified atom stereocenters. The molecule has 21 heavy (non-hydrogen) atoms. The average molecular weight is 282 g/mol. The van der Waals surface area contributed by atoms with Crippen molar-refractivity contribution in [3.63, 3.8) is 0 Å². The summed E-state index contributed by atoms with van der Waals surface area (Å²) in [7, 11) is 0. The van der Waals surface area contributed by atoms with E-state index in [0.717, 1.165) is 5.56 Å². The fraction of sp³-hybridized carbons (Fsp3) is 0.167. The molecule has 0 bridgehead atoms. The highest BCUT2D eigenvalue weighted by Crippen LogP contribution is 2.41. The van der Waals surface area contributed by atoms with Crippen LogP contribution in [0, 0.1) is 5.82 Å². The molecule has 0 heterocycles. The monoisotopic (exact) mass is 282 g/mol. The lowest BCUT2D eigenvalue weighted by Gasteiger charge is -2.29. The van der Waals surface area contributed by atoms with Gasteiger partial charge in [0.25, 0.3) is 0 Å². The molecule has 0 saturated heterocycles. The summed E-state index contributed by atoms with van der Waals surface area (Å²) in [5, 5.41) is 10.9. The minimum Gasteiger partial charge on any atom is -0.380 e. The predicted molar refractivity (Wildman–Crippen MR) is 78.8 cm³/mol. The van der Waals surface area contributed by atoms with Crippen LogP contribution >= 0.6 is 0 Å². The molecule has 0 fully saturated rings. The Hall–Kier alpha value is -2.26. The molecule has 1 aliphatic rings. The molecule has 2 aromatic rings. The zero-order valence-corrected chi connectivity index (χ0v) is 11.4. The van der Waals surface area contributed by atoms with Crippen molar-refractivity contribution in [2.24, 2.45) is 0 Å². The van der Waals surface area contributed by atoms with Gasteiger partial charge in [0, 0.05) is 17.9 Å². The van der Waals surface area contributed by atoms with Gasteiger partial charge in [-0.25, -0.2) is 4.39 Å². The second-order valence-electron chi connectivity index (χ2n) is 5.36. The Morgan fingerprint density at radius 1 is 1.24 bits per heavy atom. The Balaban J connectivity index is 2.06. The topological polar surface area (TPSA) is 37.3 Å². The summed E-state index contributed by atoms with van der Waals surface area (Å²) in [6, 6.07) is 13.3. The van der Waals surface area contributed by atoms with E-state index < -0.39 is 17.3 Å². The van der Waals surface area contributed by atoms with Crippen LogP contribution in [0.4, 0.5) is 4.39 Å². The third kappa shape index (κ3) is 2.10. The SMILES string of the molecule is C=C[C@H](c1ccccc1)[C@]1(O)Cc2cc(F)ccc2C1=O. The van der Waals surface area contributed by atoms with Gasteiger partial charge in [-0.15, -0.1) is 6.58 Å². The number of carbonyl (C=O) groups excluding carboxylic acids is 1. The van der Waals surface area contributed by atoms with Crippen LogP contribution in [0.25, 0.3) is 0 Å². The maximum atomic E-state index is 13.3. The van der Waals surface area contributed by atoms with Crippen molar-refractivity contribution < 1.29 is 14.3 Å². The molecule has 3 rings (SSSR count). The van der Waals surface area contributed by atoms with Gasteiger partial charge in [-0.2, -0.15) is 0 Å². The van der Waals surface area contributed by atoms with E-state index in [1.54, 1.807) is 6.08 Å². The number of ketones is 1. The van der Waals surface area contributed by atoms with E-state index in [9.17, 15) is 14.3 Å². The average Bonchev–Trinajstić information content (AvgIpc) is 2.72. The first-order chi connectivity index (χ1) is 10.1. The van der Waals surface area contributed by atoms with E-state index in [-0.39, 0.29) is 12.2 Å². The van der Waals surface area contributed by atoms with Crippen molar-refractivity contribution in [3.8, 4) is 0 Å². The minimum absolute atomic E-state index is 0.102. The summed E-state index contributed by atoms with van der Waals surface area (Å²) in [4.78, 5) is 12.6. The number of hydrogen-bond donors (Lipinski definition) is 1. The number of benzene rings is 2. The predicted octanol–water partition coefficient (Wildman–Crippen LogP) is 3.27. The Bertz CT molecular complexity index is 708. The van der Waals surface area contributed by atoms with Crippen molar-refractivity contribution in [2.75, 3.05) is 0 Å². The molecule has 106 valence electrons. The van der Waals surface area contributed by atoms with Crippen LogP contribution in [0.1, 0.15) is 27.4 Å². The summed E-state index contributed by atoms with van der Waals surface area (Å²) in [5.74, 6) is -1.30. The zero-order valence-electron chi connectivity index (χ0n) is 11.4. The Kier molecular flexibility index (Phi) is 3.22. The van der Waals surface area contributed by atoms with E-state index in [1.807, 2.05) is 30.3 Å². The van der Waals surface area contributed by atoms with Crippen molar-refractivity contribution in [3.05, 3.63) is 83.7 Å². The first kappa shape index (κ1) is 13.7. The third-order valence-electron chi connectivity index (χ3n) is 4.07. The highest BCUT2D eigenvalue weighted by molar-refractivity contribution is 6.07. The molecule has 2 atom stereocenters. The van der Waals surface area contributed by atoms with E-state index in [2.05, 4.69) is 6.58 Å². The number of rotatable bonds is 3. The molecular formula is C18H15FO2. The fourth-order valence-electron chi connectivity index (χ4n) is 3.05. The maximum Gasteiger partial charge on any atom is 0.195 e. The van der Waals surface area contributed by atoms with Gasteiger partial charge in [0.05, 0.1) is 0 Å². The lowest BCUT2D eigenvalue weighted by atomic mass is 9.79. The van der Waals surface area contributed by atoms with Crippen molar-refractivity contribution in [1.82, 2.24) is 0 Å².